The quantitative estimate of drug-likeness (QED) is 0.772. The van der Waals surface area contributed by atoms with Gasteiger partial charge >= 0.3 is 0 Å². The highest BCUT2D eigenvalue weighted by Gasteiger charge is 2.16. The number of benzene rings is 1. The molecule has 2 rings (SSSR count). The third-order valence-electron chi connectivity index (χ3n) is 4.55. The third-order valence-corrected chi connectivity index (χ3v) is 4.55. The summed E-state index contributed by atoms with van der Waals surface area (Å²) in [4.78, 5) is 33.0. The van der Waals surface area contributed by atoms with Crippen LogP contribution in [0.3, 0.4) is 0 Å². The summed E-state index contributed by atoms with van der Waals surface area (Å²) in [6.07, 6.45) is 1.50. The summed E-state index contributed by atoms with van der Waals surface area (Å²) in [5, 5.41) is 2.87. The zero-order valence-corrected chi connectivity index (χ0v) is 16.5. The zero-order chi connectivity index (χ0) is 19.8. The highest BCUT2D eigenvalue weighted by Crippen LogP contribution is 2.18. The Morgan fingerprint density at radius 2 is 1.56 bits per heavy atom. The number of carbonyl (C=O) groups is 2. The molecule has 6 heteroatoms. The van der Waals surface area contributed by atoms with Crippen LogP contribution in [-0.2, 0) is 0 Å². The van der Waals surface area contributed by atoms with Gasteiger partial charge in [-0.1, -0.05) is 0 Å². The summed E-state index contributed by atoms with van der Waals surface area (Å²) in [5.41, 5.74) is 2.52. The molecule has 0 fully saturated rings. The van der Waals surface area contributed by atoms with Gasteiger partial charge in [-0.2, -0.15) is 0 Å². The number of hydrogen-bond donors (Lipinski definition) is 1. The monoisotopic (exact) mass is 368 g/mol. The minimum atomic E-state index is -0.262. The molecule has 0 atom stereocenters. The van der Waals surface area contributed by atoms with E-state index in [1.807, 2.05) is 38.1 Å². The molecular formula is C21H28N4O2. The van der Waals surface area contributed by atoms with Crippen molar-refractivity contribution < 1.29 is 9.59 Å². The average Bonchev–Trinajstić information content (AvgIpc) is 2.71. The molecule has 0 unspecified atom stereocenters. The van der Waals surface area contributed by atoms with Gasteiger partial charge in [0.05, 0.1) is 0 Å². The number of amides is 2. The van der Waals surface area contributed by atoms with Crippen LogP contribution in [-0.4, -0.2) is 47.9 Å². The molecule has 27 heavy (non-hydrogen) atoms. The number of rotatable bonds is 8. The number of nitrogens with zero attached hydrogens (tertiary/aromatic N) is 3. The first-order valence-electron chi connectivity index (χ1n) is 9.45. The Balaban J connectivity index is 2.12. The maximum absolute atomic E-state index is 12.6. The molecule has 0 bridgehead atoms. The maximum atomic E-state index is 12.6. The summed E-state index contributed by atoms with van der Waals surface area (Å²) in [7, 11) is 0. The fourth-order valence-electron chi connectivity index (χ4n) is 2.91. The van der Waals surface area contributed by atoms with Gasteiger partial charge < -0.3 is 15.1 Å². The molecule has 0 radical (unpaired) electrons. The normalized spacial score (nSPS) is 10.4. The lowest BCUT2D eigenvalue weighted by atomic mass is 10.2. The van der Waals surface area contributed by atoms with E-state index in [4.69, 9.17) is 0 Å². The lowest BCUT2D eigenvalue weighted by molar-refractivity contribution is 0.0767. The van der Waals surface area contributed by atoms with Gasteiger partial charge in [0.2, 0.25) is 0 Å². The first-order valence-corrected chi connectivity index (χ1v) is 9.45. The molecule has 0 aliphatic carbocycles. The molecule has 2 aromatic rings. The van der Waals surface area contributed by atoms with Crippen molar-refractivity contribution in [3.8, 4) is 0 Å². The van der Waals surface area contributed by atoms with E-state index in [9.17, 15) is 9.59 Å². The molecule has 0 spiro atoms. The van der Waals surface area contributed by atoms with Crippen molar-refractivity contribution >= 4 is 23.2 Å². The Hall–Kier alpha value is -2.89. The minimum absolute atomic E-state index is 0.168. The molecule has 0 saturated heterocycles. The van der Waals surface area contributed by atoms with Crippen molar-refractivity contribution in [2.24, 2.45) is 0 Å². The van der Waals surface area contributed by atoms with Crippen molar-refractivity contribution in [3.63, 3.8) is 0 Å². The number of nitrogens with one attached hydrogen (secondary N) is 1. The molecule has 6 nitrogen and oxygen atoms in total. The molecule has 0 saturated carbocycles. The van der Waals surface area contributed by atoms with Crippen LogP contribution < -0.4 is 10.2 Å². The van der Waals surface area contributed by atoms with E-state index >= 15 is 0 Å². The summed E-state index contributed by atoms with van der Waals surface area (Å²) >= 11 is 0. The first kappa shape index (κ1) is 20.4. The first-order chi connectivity index (χ1) is 13.0. The van der Waals surface area contributed by atoms with Crippen LogP contribution in [0.4, 0.5) is 11.4 Å². The molecule has 144 valence electrons. The van der Waals surface area contributed by atoms with E-state index in [1.54, 1.807) is 17.0 Å². The van der Waals surface area contributed by atoms with Crippen molar-refractivity contribution in [2.75, 3.05) is 36.4 Å². The van der Waals surface area contributed by atoms with Crippen molar-refractivity contribution in [3.05, 3.63) is 53.9 Å². The lowest BCUT2D eigenvalue weighted by Crippen LogP contribution is -2.31. The molecule has 1 N–H and O–H groups in total. The van der Waals surface area contributed by atoms with Gasteiger partial charge in [-0.05, 0) is 64.1 Å². The van der Waals surface area contributed by atoms with Crippen LogP contribution in [0.15, 0.2) is 42.6 Å². The van der Waals surface area contributed by atoms with Crippen LogP contribution in [0.25, 0.3) is 0 Å². The van der Waals surface area contributed by atoms with Crippen molar-refractivity contribution in [1.29, 1.82) is 0 Å². The maximum Gasteiger partial charge on any atom is 0.272 e. The predicted octanol–water partition coefficient (Wildman–Crippen LogP) is 3.66. The van der Waals surface area contributed by atoms with E-state index < -0.39 is 0 Å². The van der Waals surface area contributed by atoms with Crippen molar-refractivity contribution in [2.45, 2.75) is 27.7 Å². The van der Waals surface area contributed by atoms with Gasteiger partial charge in [0.25, 0.3) is 11.8 Å². The Labute approximate surface area is 161 Å². The summed E-state index contributed by atoms with van der Waals surface area (Å²) in [6.45, 7) is 11.1. The van der Waals surface area contributed by atoms with E-state index in [1.165, 1.54) is 6.20 Å². The molecule has 2 amide bonds. The molecule has 1 aromatic heterocycles. The van der Waals surface area contributed by atoms with Gasteiger partial charge in [0.15, 0.2) is 0 Å². The van der Waals surface area contributed by atoms with Crippen molar-refractivity contribution in [1.82, 2.24) is 9.88 Å². The number of aromatic nitrogens is 1. The number of anilines is 2. The zero-order valence-electron chi connectivity index (χ0n) is 16.5. The van der Waals surface area contributed by atoms with E-state index in [0.29, 0.717) is 24.3 Å². The number of pyridine rings is 1. The highest BCUT2D eigenvalue weighted by atomic mass is 16.2. The Morgan fingerprint density at radius 3 is 2.11 bits per heavy atom. The molecule has 0 aliphatic heterocycles. The van der Waals surface area contributed by atoms with Gasteiger partial charge in [0.1, 0.15) is 5.69 Å². The van der Waals surface area contributed by atoms with Gasteiger partial charge in [-0.3, -0.25) is 14.6 Å². The molecule has 1 heterocycles. The summed E-state index contributed by atoms with van der Waals surface area (Å²) in [5.74, 6) is -0.431. The number of hydrogen-bond acceptors (Lipinski definition) is 4. The average molecular weight is 368 g/mol. The largest absolute Gasteiger partial charge is 0.372 e. The fraction of sp³-hybridized carbons (Fsp3) is 0.381. The van der Waals surface area contributed by atoms with Crippen LogP contribution in [0.1, 0.15) is 48.5 Å². The van der Waals surface area contributed by atoms with Crippen LogP contribution in [0.2, 0.25) is 0 Å². The summed E-state index contributed by atoms with van der Waals surface area (Å²) < 4.78 is 0. The van der Waals surface area contributed by atoms with E-state index in [2.05, 4.69) is 29.0 Å². The third kappa shape index (κ3) is 5.06. The second-order valence-corrected chi connectivity index (χ2v) is 6.08. The van der Waals surface area contributed by atoms with Crippen LogP contribution >= 0.6 is 0 Å². The second kappa shape index (κ2) is 9.71. The van der Waals surface area contributed by atoms with E-state index in [-0.39, 0.29) is 17.5 Å². The lowest BCUT2D eigenvalue weighted by Gasteiger charge is -2.21. The molecule has 0 aliphatic rings. The summed E-state index contributed by atoms with van der Waals surface area (Å²) in [6, 6.07) is 10.9. The van der Waals surface area contributed by atoms with Crippen LogP contribution in [0, 0.1) is 0 Å². The van der Waals surface area contributed by atoms with Crippen LogP contribution in [0.5, 0.6) is 0 Å². The van der Waals surface area contributed by atoms with Gasteiger partial charge in [-0.15, -0.1) is 0 Å². The second-order valence-electron chi connectivity index (χ2n) is 6.08. The van der Waals surface area contributed by atoms with E-state index in [0.717, 1.165) is 18.8 Å². The fourth-order valence-corrected chi connectivity index (χ4v) is 2.91. The number of carbonyl (C=O) groups excluding carboxylic acids is 2. The Bertz CT molecular complexity index is 766. The Kier molecular flexibility index (Phi) is 7.34. The molecule has 1 aromatic carbocycles. The highest BCUT2D eigenvalue weighted by molar-refractivity contribution is 6.05. The SMILES string of the molecule is CCN(CC)C(=O)c1cc(C(=O)Nc2ccc(N(CC)CC)cc2)ccn1. The Morgan fingerprint density at radius 1 is 0.926 bits per heavy atom. The molecular weight excluding hydrogens is 340 g/mol. The topological polar surface area (TPSA) is 65.5 Å². The standard InChI is InChI=1S/C21H28N4O2/c1-5-24(6-2)18-11-9-17(10-12-18)23-20(26)16-13-14-22-19(15-16)21(27)25(7-3)8-4/h9-15H,5-8H2,1-4H3,(H,23,26). The smallest absolute Gasteiger partial charge is 0.272 e. The minimum Gasteiger partial charge on any atom is -0.372 e. The van der Waals surface area contributed by atoms with Gasteiger partial charge in [-0.25, -0.2) is 0 Å². The predicted molar refractivity (Wildman–Crippen MR) is 109 cm³/mol. The van der Waals surface area contributed by atoms with Gasteiger partial charge in [0, 0.05) is 49.3 Å².